The molecule has 0 aromatic carbocycles. The van der Waals surface area contributed by atoms with Gasteiger partial charge in [-0.1, -0.05) is 28.8 Å². The lowest BCUT2D eigenvalue weighted by atomic mass is 9.77. The molecule has 3 rings (SSSR count). The van der Waals surface area contributed by atoms with Gasteiger partial charge in [0.2, 0.25) is 5.91 Å². The van der Waals surface area contributed by atoms with Crippen molar-refractivity contribution in [2.24, 2.45) is 11.8 Å². The quantitative estimate of drug-likeness (QED) is 0.633. The molecule has 4 atom stereocenters. The van der Waals surface area contributed by atoms with Crippen molar-refractivity contribution in [2.75, 3.05) is 0 Å². The topological polar surface area (TPSA) is 20.3 Å². The zero-order valence-corrected chi connectivity index (χ0v) is 13.5. The summed E-state index contributed by atoms with van der Waals surface area (Å²) >= 11 is 3.61. The van der Waals surface area contributed by atoms with Crippen LogP contribution in [0.1, 0.15) is 51.4 Å². The highest BCUT2D eigenvalue weighted by Crippen LogP contribution is 2.45. The van der Waals surface area contributed by atoms with Gasteiger partial charge in [0.05, 0.1) is 5.92 Å². The fraction of sp³-hybridized carbons (Fsp3) is 0.933. The number of halogens is 4. The molecule has 120 valence electrons. The zero-order chi connectivity index (χ0) is 15.2. The van der Waals surface area contributed by atoms with E-state index in [0.717, 1.165) is 32.1 Å². The van der Waals surface area contributed by atoms with Gasteiger partial charge in [-0.05, 0) is 38.5 Å². The normalized spacial score (nSPS) is 40.4. The Labute approximate surface area is 131 Å². The summed E-state index contributed by atoms with van der Waals surface area (Å²) in [6.45, 7) is 0. The third kappa shape index (κ3) is 2.97. The van der Waals surface area contributed by atoms with Crippen LogP contribution < -0.4 is 0 Å². The van der Waals surface area contributed by atoms with Gasteiger partial charge in [-0.15, -0.1) is 0 Å². The standard InChI is InChI=1S/C15H21BrF3NO/c16-9-7-10-5-6-11(8-9)20(10)14(21)12-3-1-2-4-13(12)15(17,18)19/h9-13H,1-8H2. The summed E-state index contributed by atoms with van der Waals surface area (Å²) < 4.78 is 39.6. The maximum absolute atomic E-state index is 13.2. The van der Waals surface area contributed by atoms with Crippen molar-refractivity contribution >= 4 is 21.8 Å². The summed E-state index contributed by atoms with van der Waals surface area (Å²) in [5.41, 5.74) is 0. The molecule has 4 unspecified atom stereocenters. The molecule has 2 aliphatic heterocycles. The predicted molar refractivity (Wildman–Crippen MR) is 77.1 cm³/mol. The maximum Gasteiger partial charge on any atom is 0.392 e. The van der Waals surface area contributed by atoms with E-state index in [0.29, 0.717) is 17.7 Å². The number of carbonyl (C=O) groups is 1. The Morgan fingerprint density at radius 3 is 2.14 bits per heavy atom. The number of fused-ring (bicyclic) bond motifs is 2. The number of nitrogens with zero attached hydrogens (tertiary/aromatic N) is 1. The lowest BCUT2D eigenvalue weighted by Crippen LogP contribution is -2.52. The van der Waals surface area contributed by atoms with Crippen LogP contribution >= 0.6 is 15.9 Å². The molecule has 0 spiro atoms. The van der Waals surface area contributed by atoms with E-state index in [4.69, 9.17) is 0 Å². The third-order valence-electron chi connectivity index (χ3n) is 5.43. The van der Waals surface area contributed by atoms with Gasteiger partial charge in [-0.25, -0.2) is 0 Å². The minimum atomic E-state index is -4.24. The second-order valence-electron chi connectivity index (χ2n) is 6.74. The van der Waals surface area contributed by atoms with Gasteiger partial charge < -0.3 is 4.90 Å². The minimum Gasteiger partial charge on any atom is -0.336 e. The van der Waals surface area contributed by atoms with Crippen LogP contribution in [0.3, 0.4) is 0 Å². The summed E-state index contributed by atoms with van der Waals surface area (Å²) in [4.78, 5) is 15.0. The van der Waals surface area contributed by atoms with Crippen LogP contribution in [0, 0.1) is 11.8 Å². The lowest BCUT2D eigenvalue weighted by molar-refractivity contribution is -0.202. The van der Waals surface area contributed by atoms with Crippen LogP contribution in [0.25, 0.3) is 0 Å². The van der Waals surface area contributed by atoms with Crippen LogP contribution in [0.15, 0.2) is 0 Å². The second kappa shape index (κ2) is 5.74. The third-order valence-corrected chi connectivity index (χ3v) is 6.18. The molecule has 0 aromatic rings. The van der Waals surface area contributed by atoms with Gasteiger partial charge in [-0.3, -0.25) is 4.79 Å². The lowest BCUT2D eigenvalue weighted by Gasteiger charge is -2.42. The largest absolute Gasteiger partial charge is 0.392 e. The first-order valence-corrected chi connectivity index (χ1v) is 8.82. The van der Waals surface area contributed by atoms with Crippen molar-refractivity contribution < 1.29 is 18.0 Å². The van der Waals surface area contributed by atoms with Gasteiger partial charge in [0.15, 0.2) is 0 Å². The number of hydrogen-bond donors (Lipinski definition) is 0. The van der Waals surface area contributed by atoms with Crippen molar-refractivity contribution in [1.29, 1.82) is 0 Å². The number of alkyl halides is 4. The fourth-order valence-electron chi connectivity index (χ4n) is 4.48. The molecule has 3 aliphatic rings. The molecule has 2 bridgehead atoms. The highest BCUT2D eigenvalue weighted by atomic mass is 79.9. The minimum absolute atomic E-state index is 0.115. The molecule has 1 amide bonds. The van der Waals surface area contributed by atoms with Gasteiger partial charge in [0, 0.05) is 22.8 Å². The smallest absolute Gasteiger partial charge is 0.336 e. The Bertz CT molecular complexity index is 400. The van der Waals surface area contributed by atoms with E-state index in [1.807, 2.05) is 4.90 Å². The van der Waals surface area contributed by atoms with E-state index in [1.165, 1.54) is 0 Å². The number of amides is 1. The highest BCUT2D eigenvalue weighted by molar-refractivity contribution is 9.09. The first-order valence-electron chi connectivity index (χ1n) is 7.91. The van der Waals surface area contributed by atoms with Crippen molar-refractivity contribution in [1.82, 2.24) is 4.90 Å². The van der Waals surface area contributed by atoms with E-state index >= 15 is 0 Å². The molecule has 2 nitrogen and oxygen atoms in total. The molecule has 2 saturated heterocycles. The summed E-state index contributed by atoms with van der Waals surface area (Å²) in [5.74, 6) is -2.49. The Balaban J connectivity index is 1.78. The van der Waals surface area contributed by atoms with Crippen LogP contribution in [0.4, 0.5) is 13.2 Å². The summed E-state index contributed by atoms with van der Waals surface area (Å²) in [6, 6.07) is 0.299. The summed E-state index contributed by atoms with van der Waals surface area (Å²) in [6.07, 6.45) is 1.26. The number of piperidine rings is 1. The van der Waals surface area contributed by atoms with Crippen molar-refractivity contribution in [3.63, 3.8) is 0 Å². The first-order chi connectivity index (χ1) is 9.88. The molecule has 3 fully saturated rings. The van der Waals surface area contributed by atoms with E-state index in [2.05, 4.69) is 15.9 Å². The second-order valence-corrected chi connectivity index (χ2v) is 8.03. The Kier molecular flexibility index (Phi) is 4.27. The average molecular weight is 368 g/mol. The summed E-state index contributed by atoms with van der Waals surface area (Å²) in [7, 11) is 0. The van der Waals surface area contributed by atoms with Crippen molar-refractivity contribution in [3.8, 4) is 0 Å². The Morgan fingerprint density at radius 2 is 1.57 bits per heavy atom. The number of carbonyl (C=O) groups excluding carboxylic acids is 1. The molecule has 1 aliphatic carbocycles. The molecule has 21 heavy (non-hydrogen) atoms. The average Bonchev–Trinajstić information content (AvgIpc) is 2.69. The number of rotatable bonds is 1. The Hall–Kier alpha value is -0.260. The number of hydrogen-bond acceptors (Lipinski definition) is 1. The van der Waals surface area contributed by atoms with Gasteiger partial charge in [-0.2, -0.15) is 13.2 Å². The van der Waals surface area contributed by atoms with Crippen LogP contribution in [0.5, 0.6) is 0 Å². The molecule has 2 heterocycles. The van der Waals surface area contributed by atoms with E-state index in [-0.39, 0.29) is 24.4 Å². The van der Waals surface area contributed by atoms with Gasteiger partial charge >= 0.3 is 6.18 Å². The molecule has 6 heteroatoms. The van der Waals surface area contributed by atoms with Crippen LogP contribution in [-0.4, -0.2) is 33.9 Å². The Morgan fingerprint density at radius 1 is 1.00 bits per heavy atom. The first kappa shape index (κ1) is 15.6. The molecule has 0 aromatic heterocycles. The maximum atomic E-state index is 13.2. The van der Waals surface area contributed by atoms with Crippen LogP contribution in [0.2, 0.25) is 0 Å². The molecule has 0 radical (unpaired) electrons. The van der Waals surface area contributed by atoms with E-state index in [9.17, 15) is 18.0 Å². The molecular formula is C15H21BrF3NO. The molecular weight excluding hydrogens is 347 g/mol. The zero-order valence-electron chi connectivity index (χ0n) is 11.9. The SMILES string of the molecule is O=C(C1CCCCC1C(F)(F)F)N1C2CCC1CC(Br)C2. The highest BCUT2D eigenvalue weighted by Gasteiger charge is 2.52. The fourth-order valence-corrected chi connectivity index (χ4v) is 5.34. The van der Waals surface area contributed by atoms with E-state index in [1.54, 1.807) is 0 Å². The molecule has 0 N–H and O–H groups in total. The van der Waals surface area contributed by atoms with Crippen molar-refractivity contribution in [3.05, 3.63) is 0 Å². The van der Waals surface area contributed by atoms with Crippen molar-refractivity contribution in [2.45, 2.75) is 74.5 Å². The monoisotopic (exact) mass is 367 g/mol. The predicted octanol–water partition coefficient (Wildman–Crippen LogP) is 4.27. The van der Waals surface area contributed by atoms with Crippen LogP contribution in [-0.2, 0) is 4.79 Å². The molecule has 1 saturated carbocycles. The van der Waals surface area contributed by atoms with Gasteiger partial charge in [0.1, 0.15) is 0 Å². The van der Waals surface area contributed by atoms with Gasteiger partial charge in [0.25, 0.3) is 0 Å². The summed E-state index contributed by atoms with van der Waals surface area (Å²) in [5, 5.41) is 0. The van der Waals surface area contributed by atoms with E-state index < -0.39 is 18.0 Å².